The highest BCUT2D eigenvalue weighted by Gasteiger charge is 2.44. The molecular formula is C80H96N12O22. The standard InChI is InChI=1S/C32H43N5O8.C32H41N5O7.C16H12N2O7/c1-19(2)27(38)29(40)34-21(4)30(41)37-13-5-6-25(36-37)28(39)33-20(3)24-10-9-23-8-7-22(16-26(23)35-24)11-12-32(31(42)43)17-44-14-15-45-18-32;1-19(2)27-29(39)34-21(4)30(40)37-13-5-6-25(36-37)28(38)33-20(3)24-10-9-23-8-7-22(16-26(23)35-24)11-12-32(31(41)44-27)17-42-14-15-43-18-32;1-9-5-3-7-11(17(21)22)13(9)15(19)25-16(20)14-10(2)6-4-8-12(14)18(23)24/h7-12,16,19-21,25,27,36,38H,5-6,13-15,17-18H2,1-4H3,(H,33,39)(H,34,40)(H,42,43);7-12,16,19-21,25,27,36H,5-6,13-15,17-18H2,1-4H3,(H,33,38)(H,34,39);3-8H,1-2H3/b2*12-11+;/t2*20-,21+,25+,27+;/m11./s1. The molecule has 0 radical (unpaired) electrons. The van der Waals surface area contributed by atoms with Crippen LogP contribution in [0.15, 0.2) is 109 Å². The maximum absolute atomic E-state index is 13.8. The number of amides is 6. The number of aromatic nitrogens is 2. The number of benzene rings is 4. The van der Waals surface area contributed by atoms with Crippen LogP contribution in [0.1, 0.15) is 148 Å². The molecule has 34 nitrogen and oxygen atoms in total. The number of aliphatic carboxylic acids is 1. The Kier molecular flexibility index (Phi) is 29.5. The molecule has 4 aromatic carbocycles. The van der Waals surface area contributed by atoms with E-state index in [1.54, 1.807) is 58.9 Å². The number of nitrogens with one attached hydrogen (secondary N) is 6. The van der Waals surface area contributed by atoms with Crippen LogP contribution in [0.4, 0.5) is 11.4 Å². The third-order valence-electron chi connectivity index (χ3n) is 19.8. The van der Waals surface area contributed by atoms with Crippen molar-refractivity contribution in [1.29, 1.82) is 0 Å². The maximum Gasteiger partial charge on any atom is 0.353 e. The van der Waals surface area contributed by atoms with Crippen LogP contribution in [0.5, 0.6) is 0 Å². The third-order valence-corrected chi connectivity index (χ3v) is 19.8. The van der Waals surface area contributed by atoms with E-state index in [0.717, 1.165) is 39.5 Å². The van der Waals surface area contributed by atoms with Gasteiger partial charge in [-0.1, -0.05) is 113 Å². The molecule has 608 valence electrons. The lowest BCUT2D eigenvalue weighted by Crippen LogP contribution is -2.61. The van der Waals surface area contributed by atoms with Gasteiger partial charge in [0.2, 0.25) is 17.7 Å². The predicted octanol–water partition coefficient (Wildman–Crippen LogP) is 6.72. The molecule has 8 N–H and O–H groups in total. The highest BCUT2D eigenvalue weighted by atomic mass is 16.6. The number of rotatable bonds is 15. The average Bonchev–Trinajstić information content (AvgIpc) is 0.934. The molecule has 5 aliphatic heterocycles. The monoisotopic (exact) mass is 1580 g/mol. The van der Waals surface area contributed by atoms with Gasteiger partial charge in [-0.3, -0.25) is 78.6 Å². The molecule has 114 heavy (non-hydrogen) atoms. The molecule has 7 heterocycles. The van der Waals surface area contributed by atoms with E-state index < -0.39 is 128 Å². The normalized spacial score (nSPS) is 21.2. The minimum absolute atomic E-state index is 0.0125. The molecule has 2 aromatic heterocycles. The quantitative estimate of drug-likeness (QED) is 0.0229. The van der Waals surface area contributed by atoms with E-state index in [1.165, 1.54) is 55.1 Å². The molecule has 5 bridgehead atoms. The Morgan fingerprint density at radius 1 is 0.684 bits per heavy atom. The van der Waals surface area contributed by atoms with Crippen LogP contribution in [-0.4, -0.2) is 202 Å². The van der Waals surface area contributed by atoms with Gasteiger partial charge in [0.25, 0.3) is 29.1 Å². The summed E-state index contributed by atoms with van der Waals surface area (Å²) in [4.78, 5) is 159. The minimum atomic E-state index is -1.31. The van der Waals surface area contributed by atoms with Crippen molar-refractivity contribution in [3.8, 4) is 0 Å². The molecule has 6 amide bonds. The summed E-state index contributed by atoms with van der Waals surface area (Å²) >= 11 is 0. The fourth-order valence-electron chi connectivity index (χ4n) is 13.0. The summed E-state index contributed by atoms with van der Waals surface area (Å²) in [6.45, 7) is 18.8. The van der Waals surface area contributed by atoms with Crippen molar-refractivity contribution in [2.45, 2.75) is 143 Å². The van der Waals surface area contributed by atoms with Gasteiger partial charge >= 0.3 is 23.9 Å². The second-order valence-corrected chi connectivity index (χ2v) is 29.3. The molecule has 5 aliphatic rings. The average molecular weight is 1580 g/mol. The summed E-state index contributed by atoms with van der Waals surface area (Å²) in [6, 6.07) is 22.9. The van der Waals surface area contributed by atoms with E-state index in [1.807, 2.05) is 74.5 Å². The number of aliphatic hydroxyl groups excluding tert-OH is 1. The number of pyridine rings is 2. The van der Waals surface area contributed by atoms with Gasteiger partial charge in [-0.05, 0) is 126 Å². The molecule has 1 spiro atoms. The molecule has 34 heteroatoms. The molecule has 11 rings (SSSR count). The summed E-state index contributed by atoms with van der Waals surface area (Å²) in [5.74, 6) is -7.41. The Morgan fingerprint density at radius 3 is 1.85 bits per heavy atom. The SMILES string of the molecule is CC(C)[C@@H]1OC(=O)C2(/C=C/c3ccc4ccc(nc4c3)[C@@H](C)NC(=O)[C@@H]3CCCN(N3)C(=O)[C@H](C)NC1=O)COCCOC2.CC(C)[C@H](O)C(=O)N[C@@H](C)C(=O)N1CCC[C@@H](C(=O)N[C@H](C)c2ccc3ccc(/C=C/C4(C(=O)O)COCCOC4)cc3n2)N1.Cc1cccc([N+](=O)[O-])c1C(=O)OC(=O)c1c(C)cccc1[N+](=O)[O-]. The molecule has 0 aliphatic carbocycles. The first-order chi connectivity index (χ1) is 54.2. The van der Waals surface area contributed by atoms with Crippen LogP contribution in [-0.2, 0) is 66.8 Å². The number of carbonyl (C=O) groups excluding carboxylic acids is 9. The van der Waals surface area contributed by atoms with Crippen LogP contribution < -0.4 is 32.1 Å². The van der Waals surface area contributed by atoms with Crippen molar-refractivity contribution >= 4 is 105 Å². The van der Waals surface area contributed by atoms with Crippen molar-refractivity contribution in [3.63, 3.8) is 0 Å². The number of hydrogen-bond acceptors (Lipinski definition) is 25. The zero-order valence-electron chi connectivity index (χ0n) is 65.0. The first kappa shape index (κ1) is 86.6. The van der Waals surface area contributed by atoms with Crippen molar-refractivity contribution in [1.82, 2.24) is 52.1 Å². The number of ether oxygens (including phenoxy) is 6. The number of carboxylic acids is 1. The number of carbonyl (C=O) groups is 10. The maximum atomic E-state index is 13.8. The largest absolute Gasteiger partial charge is 0.480 e. The smallest absolute Gasteiger partial charge is 0.353 e. The number of aryl methyl sites for hydroxylation is 2. The third kappa shape index (κ3) is 21.7. The van der Waals surface area contributed by atoms with Crippen LogP contribution in [0.3, 0.4) is 0 Å². The van der Waals surface area contributed by atoms with Gasteiger partial charge in [0.1, 0.15) is 52.2 Å². The first-order valence-corrected chi connectivity index (χ1v) is 37.4. The fourth-order valence-corrected chi connectivity index (χ4v) is 13.0. The predicted molar refractivity (Wildman–Crippen MR) is 412 cm³/mol. The number of esters is 3. The van der Waals surface area contributed by atoms with Gasteiger partial charge in [-0.25, -0.2) is 20.4 Å². The topological polar surface area (TPSA) is 457 Å². The minimum Gasteiger partial charge on any atom is -0.480 e. The zero-order valence-corrected chi connectivity index (χ0v) is 65.0. The summed E-state index contributed by atoms with van der Waals surface area (Å²) in [5.41, 5.74) is 6.38. The van der Waals surface area contributed by atoms with E-state index in [0.29, 0.717) is 82.1 Å². The van der Waals surface area contributed by atoms with Crippen molar-refractivity contribution in [2.24, 2.45) is 22.7 Å². The van der Waals surface area contributed by atoms with Gasteiger partial charge < -0.3 is 59.9 Å². The zero-order chi connectivity index (χ0) is 82.9. The van der Waals surface area contributed by atoms with E-state index in [9.17, 15) is 78.4 Å². The summed E-state index contributed by atoms with van der Waals surface area (Å²) < 4.78 is 32.9. The highest BCUT2D eigenvalue weighted by Crippen LogP contribution is 2.32. The van der Waals surface area contributed by atoms with Crippen LogP contribution in [0.2, 0.25) is 0 Å². The number of nitrogens with zero attached hydrogens (tertiary/aromatic N) is 6. The number of hydrogen-bond donors (Lipinski definition) is 8. The van der Waals surface area contributed by atoms with Gasteiger partial charge in [-0.15, -0.1) is 0 Å². The Bertz CT molecular complexity index is 4590. The molecule has 4 fully saturated rings. The molecule has 0 saturated carbocycles. The van der Waals surface area contributed by atoms with Crippen molar-refractivity contribution in [2.75, 3.05) is 65.9 Å². The van der Waals surface area contributed by atoms with E-state index in [-0.39, 0.29) is 72.3 Å². The number of nitro groups is 2. The number of aliphatic hydroxyl groups is 1. The van der Waals surface area contributed by atoms with Gasteiger partial charge in [0, 0.05) is 36.0 Å². The Hall–Kier alpha value is -11.4. The van der Waals surface area contributed by atoms with Crippen LogP contribution in [0.25, 0.3) is 34.0 Å². The summed E-state index contributed by atoms with van der Waals surface area (Å²) in [5, 5.41) is 57.7. The van der Waals surface area contributed by atoms with Crippen LogP contribution in [0, 0.1) is 56.7 Å². The van der Waals surface area contributed by atoms with Crippen molar-refractivity contribution in [3.05, 3.63) is 174 Å². The summed E-state index contributed by atoms with van der Waals surface area (Å²) in [7, 11) is 0. The lowest BCUT2D eigenvalue weighted by molar-refractivity contribution is -0.385. The van der Waals surface area contributed by atoms with Gasteiger partial charge in [-0.2, -0.15) is 0 Å². The number of cyclic esters (lactones) is 1. The Labute approximate surface area is 656 Å². The number of fused-ring (bicyclic) bond motifs is 5. The molecule has 6 aromatic rings. The first-order valence-electron chi connectivity index (χ1n) is 37.4. The summed E-state index contributed by atoms with van der Waals surface area (Å²) in [6.07, 6.45) is 6.70. The number of nitro benzene ring substituents is 2. The number of carboxylic acid groups (broad SMARTS) is 1. The van der Waals surface area contributed by atoms with E-state index >= 15 is 0 Å². The number of hydrazine groups is 2. The lowest BCUT2D eigenvalue weighted by atomic mass is 9.88. The Balaban J connectivity index is 0.000000204. The molecule has 0 unspecified atom stereocenters. The second kappa shape index (κ2) is 38.9. The van der Waals surface area contributed by atoms with Gasteiger partial charge in [0.05, 0.1) is 97.2 Å². The molecule has 4 saturated heterocycles. The molecule has 8 atom stereocenters. The van der Waals surface area contributed by atoms with E-state index in [2.05, 4.69) is 36.9 Å². The second-order valence-electron chi connectivity index (χ2n) is 29.3. The van der Waals surface area contributed by atoms with Crippen molar-refractivity contribution < 1.29 is 96.4 Å². The highest BCUT2D eigenvalue weighted by molar-refractivity contribution is 6.07. The Morgan fingerprint density at radius 2 is 1.25 bits per heavy atom. The van der Waals surface area contributed by atoms with Crippen LogP contribution >= 0.6 is 0 Å². The lowest BCUT2D eigenvalue weighted by Gasteiger charge is -2.35. The fraction of sp³-hybridized carbons (Fsp3) is 0.450. The van der Waals surface area contributed by atoms with Gasteiger partial charge in [0.15, 0.2) is 6.10 Å². The van der Waals surface area contributed by atoms with E-state index in [4.69, 9.17) is 33.7 Å². The molecular weight excluding hydrogens is 1480 g/mol.